The molecule has 0 saturated carbocycles. The number of carbonyl (C=O) groups is 1. The molecule has 0 aromatic carbocycles. The van der Waals surface area contributed by atoms with E-state index < -0.39 is 0 Å². The zero-order chi connectivity index (χ0) is 6.53. The van der Waals surface area contributed by atoms with Gasteiger partial charge in [0.2, 0.25) is 0 Å². The molecule has 3 heteroatoms. The first kappa shape index (κ1) is 9.92. The van der Waals surface area contributed by atoms with Crippen LogP contribution >= 0.6 is 12.4 Å². The highest BCUT2D eigenvalue weighted by Crippen LogP contribution is 2.00. The fraction of sp³-hybridized carbons (Fsp3) is 0.857. The van der Waals surface area contributed by atoms with Crippen LogP contribution < -0.4 is 5.32 Å². The standard InChI is InChI=1S/C7H13NO.ClH/c9-7-3-1-5-8-6-2-4-7;/h8H,1-6H2;1H. The van der Waals surface area contributed by atoms with Gasteiger partial charge in [-0.3, -0.25) is 4.79 Å². The van der Waals surface area contributed by atoms with E-state index in [1.807, 2.05) is 0 Å². The lowest BCUT2D eigenvalue weighted by Gasteiger charge is -2.07. The zero-order valence-electron chi connectivity index (χ0n) is 6.06. The molecule has 0 unspecified atom stereocenters. The van der Waals surface area contributed by atoms with Crippen LogP contribution in [-0.4, -0.2) is 18.9 Å². The van der Waals surface area contributed by atoms with Crippen LogP contribution in [0.3, 0.4) is 0 Å². The number of halogens is 1. The van der Waals surface area contributed by atoms with Gasteiger partial charge >= 0.3 is 0 Å². The van der Waals surface area contributed by atoms with E-state index in [9.17, 15) is 4.79 Å². The van der Waals surface area contributed by atoms with Crippen LogP contribution in [0.5, 0.6) is 0 Å². The summed E-state index contributed by atoms with van der Waals surface area (Å²) in [5.74, 6) is 0.441. The zero-order valence-corrected chi connectivity index (χ0v) is 6.88. The van der Waals surface area contributed by atoms with Crippen molar-refractivity contribution in [1.82, 2.24) is 5.32 Å². The first-order valence-electron chi connectivity index (χ1n) is 3.62. The molecule has 0 spiro atoms. The van der Waals surface area contributed by atoms with Crippen LogP contribution in [0.1, 0.15) is 25.7 Å². The van der Waals surface area contributed by atoms with E-state index in [-0.39, 0.29) is 12.4 Å². The number of nitrogens with one attached hydrogen (secondary N) is 1. The van der Waals surface area contributed by atoms with Crippen LogP contribution in [0.2, 0.25) is 0 Å². The minimum Gasteiger partial charge on any atom is -0.317 e. The van der Waals surface area contributed by atoms with E-state index in [0.29, 0.717) is 5.78 Å². The molecule has 0 aliphatic carbocycles. The molecule has 1 rings (SSSR count). The minimum atomic E-state index is 0. The SMILES string of the molecule is Cl.O=C1CCCNCCC1. The van der Waals surface area contributed by atoms with Crippen LogP contribution in [0.4, 0.5) is 0 Å². The minimum absolute atomic E-state index is 0. The van der Waals surface area contributed by atoms with Crippen molar-refractivity contribution in [2.45, 2.75) is 25.7 Å². The molecular weight excluding hydrogens is 150 g/mol. The molecule has 0 amide bonds. The molecule has 1 heterocycles. The molecule has 1 aliphatic heterocycles. The summed E-state index contributed by atoms with van der Waals surface area (Å²) in [7, 11) is 0. The second-order valence-corrected chi connectivity index (χ2v) is 2.50. The highest BCUT2D eigenvalue weighted by molar-refractivity contribution is 5.85. The third kappa shape index (κ3) is 3.85. The molecule has 0 aromatic rings. The van der Waals surface area contributed by atoms with Crippen LogP contribution in [0, 0.1) is 0 Å². The Bertz CT molecular complexity index is 95.8. The van der Waals surface area contributed by atoms with Crippen molar-refractivity contribution in [2.24, 2.45) is 0 Å². The molecule has 60 valence electrons. The third-order valence-electron chi connectivity index (χ3n) is 1.62. The van der Waals surface area contributed by atoms with E-state index in [1.54, 1.807) is 0 Å². The van der Waals surface area contributed by atoms with Crippen LogP contribution in [-0.2, 0) is 4.79 Å². The monoisotopic (exact) mass is 163 g/mol. The van der Waals surface area contributed by atoms with Crippen LogP contribution in [0.15, 0.2) is 0 Å². The van der Waals surface area contributed by atoms with E-state index >= 15 is 0 Å². The van der Waals surface area contributed by atoms with E-state index in [4.69, 9.17) is 0 Å². The first-order valence-corrected chi connectivity index (χ1v) is 3.62. The van der Waals surface area contributed by atoms with Gasteiger partial charge in [-0.2, -0.15) is 0 Å². The number of ketones is 1. The first-order chi connectivity index (χ1) is 4.39. The Kier molecular flexibility index (Phi) is 5.64. The molecule has 0 radical (unpaired) electrons. The van der Waals surface area contributed by atoms with Gasteiger partial charge in [-0.15, -0.1) is 12.4 Å². The maximum absolute atomic E-state index is 10.8. The number of Topliss-reactive ketones (excluding diaryl/α,β-unsaturated/α-hetero) is 1. The van der Waals surface area contributed by atoms with Crippen molar-refractivity contribution in [1.29, 1.82) is 0 Å². The van der Waals surface area contributed by atoms with E-state index in [1.165, 1.54) is 0 Å². The van der Waals surface area contributed by atoms with Crippen LogP contribution in [0.25, 0.3) is 0 Å². The molecule has 1 N–H and O–H groups in total. The quantitative estimate of drug-likeness (QED) is 0.581. The largest absolute Gasteiger partial charge is 0.317 e. The predicted octanol–water partition coefficient (Wildman–Crippen LogP) is 1.14. The van der Waals surface area contributed by atoms with Gasteiger partial charge < -0.3 is 5.32 Å². The van der Waals surface area contributed by atoms with E-state index in [0.717, 1.165) is 38.8 Å². The molecule has 1 fully saturated rings. The maximum atomic E-state index is 10.8. The lowest BCUT2D eigenvalue weighted by molar-refractivity contribution is -0.119. The van der Waals surface area contributed by atoms with Gasteiger partial charge in [0.25, 0.3) is 0 Å². The van der Waals surface area contributed by atoms with Gasteiger partial charge in [0, 0.05) is 12.8 Å². The summed E-state index contributed by atoms with van der Waals surface area (Å²) >= 11 is 0. The Morgan fingerprint density at radius 3 is 2.10 bits per heavy atom. The van der Waals surface area contributed by atoms with E-state index in [2.05, 4.69) is 5.32 Å². The molecule has 0 aromatic heterocycles. The fourth-order valence-electron chi connectivity index (χ4n) is 1.07. The summed E-state index contributed by atoms with van der Waals surface area (Å²) in [6, 6.07) is 0. The smallest absolute Gasteiger partial charge is 0.133 e. The summed E-state index contributed by atoms with van der Waals surface area (Å²) < 4.78 is 0. The van der Waals surface area contributed by atoms with Gasteiger partial charge in [-0.25, -0.2) is 0 Å². The highest BCUT2D eigenvalue weighted by Gasteiger charge is 2.03. The summed E-state index contributed by atoms with van der Waals surface area (Å²) in [6.07, 6.45) is 3.62. The van der Waals surface area contributed by atoms with Crippen molar-refractivity contribution in [3.63, 3.8) is 0 Å². The second kappa shape index (κ2) is 5.69. The molecule has 1 saturated heterocycles. The lowest BCUT2D eigenvalue weighted by atomic mass is 10.1. The van der Waals surface area contributed by atoms with Crippen molar-refractivity contribution in [3.8, 4) is 0 Å². The van der Waals surface area contributed by atoms with Gasteiger partial charge in [0.05, 0.1) is 0 Å². The average molecular weight is 164 g/mol. The maximum Gasteiger partial charge on any atom is 0.133 e. The highest BCUT2D eigenvalue weighted by atomic mass is 35.5. The predicted molar refractivity (Wildman–Crippen MR) is 43.6 cm³/mol. The number of rotatable bonds is 0. The second-order valence-electron chi connectivity index (χ2n) is 2.50. The van der Waals surface area contributed by atoms with Gasteiger partial charge in [-0.1, -0.05) is 0 Å². The van der Waals surface area contributed by atoms with Gasteiger partial charge in [0.15, 0.2) is 0 Å². The summed E-state index contributed by atoms with van der Waals surface area (Å²) in [5, 5.41) is 3.26. The Morgan fingerprint density at radius 1 is 1.10 bits per heavy atom. The molecule has 0 bridgehead atoms. The lowest BCUT2D eigenvalue weighted by Crippen LogP contribution is -2.21. The molecule has 2 nitrogen and oxygen atoms in total. The molecule has 10 heavy (non-hydrogen) atoms. The summed E-state index contributed by atoms with van der Waals surface area (Å²) in [6.45, 7) is 2.04. The topological polar surface area (TPSA) is 29.1 Å². The fourth-order valence-corrected chi connectivity index (χ4v) is 1.07. The van der Waals surface area contributed by atoms with Crippen molar-refractivity contribution in [2.75, 3.05) is 13.1 Å². The number of carbonyl (C=O) groups excluding carboxylic acids is 1. The summed E-state index contributed by atoms with van der Waals surface area (Å²) in [4.78, 5) is 10.8. The van der Waals surface area contributed by atoms with Crippen molar-refractivity contribution in [3.05, 3.63) is 0 Å². The summed E-state index contributed by atoms with van der Waals surface area (Å²) in [5.41, 5.74) is 0. The van der Waals surface area contributed by atoms with Crippen molar-refractivity contribution >= 4 is 18.2 Å². The molecular formula is C7H14ClNO. The Labute approximate surface area is 67.8 Å². The molecule has 1 aliphatic rings. The Balaban J connectivity index is 0.000000810. The van der Waals surface area contributed by atoms with Gasteiger partial charge in [0.1, 0.15) is 5.78 Å². The van der Waals surface area contributed by atoms with Crippen molar-refractivity contribution < 1.29 is 4.79 Å². The average Bonchev–Trinajstić information content (AvgIpc) is 1.79. The van der Waals surface area contributed by atoms with Gasteiger partial charge in [-0.05, 0) is 25.9 Å². The Morgan fingerprint density at radius 2 is 1.60 bits per heavy atom. The number of hydrogen-bond acceptors (Lipinski definition) is 2. The Hall–Kier alpha value is -0.0800. The normalized spacial score (nSPS) is 20.6. The third-order valence-corrected chi connectivity index (χ3v) is 1.62. The number of hydrogen-bond donors (Lipinski definition) is 1. The molecule has 0 atom stereocenters.